The Hall–Kier alpha value is -2.18. The molecule has 2 unspecified atom stereocenters. The van der Waals surface area contributed by atoms with E-state index in [0.717, 1.165) is 0 Å². The summed E-state index contributed by atoms with van der Waals surface area (Å²) in [6.45, 7) is 1.86. The normalized spacial score (nSPS) is 13.5. The largest absolute Gasteiger partial charge is 0.494 e. The van der Waals surface area contributed by atoms with E-state index in [2.05, 4.69) is 5.32 Å². The van der Waals surface area contributed by atoms with Crippen molar-refractivity contribution < 1.29 is 28.2 Å². The fourth-order valence-electron chi connectivity index (χ4n) is 1.72. The van der Waals surface area contributed by atoms with Crippen LogP contribution in [0, 0.1) is 5.92 Å². The van der Waals surface area contributed by atoms with Gasteiger partial charge in [0, 0.05) is 12.3 Å². The molecule has 0 saturated heterocycles. The highest BCUT2D eigenvalue weighted by molar-refractivity contribution is 5.84. The standard InChI is InChI=1S/C15H19F2NO4/c1-10(7-8-22-11-5-3-2-4-6-11)14(19)18-12(15(20)21)9-13(16)17/h2-6,10,12-13H,7-9H2,1H3,(H,18,19)(H,20,21). The molecule has 0 aliphatic carbocycles. The predicted molar refractivity (Wildman–Crippen MR) is 75.9 cm³/mol. The van der Waals surface area contributed by atoms with E-state index in [9.17, 15) is 18.4 Å². The van der Waals surface area contributed by atoms with Gasteiger partial charge < -0.3 is 15.2 Å². The summed E-state index contributed by atoms with van der Waals surface area (Å²) in [7, 11) is 0. The third-order valence-corrected chi connectivity index (χ3v) is 3.04. The number of rotatable bonds is 9. The van der Waals surface area contributed by atoms with Gasteiger partial charge in [0.25, 0.3) is 0 Å². The van der Waals surface area contributed by atoms with Crippen LogP contribution in [0.25, 0.3) is 0 Å². The first kappa shape index (κ1) is 17.9. The van der Waals surface area contributed by atoms with Gasteiger partial charge in [-0.2, -0.15) is 0 Å². The van der Waals surface area contributed by atoms with E-state index in [0.29, 0.717) is 12.2 Å². The summed E-state index contributed by atoms with van der Waals surface area (Å²) in [4.78, 5) is 22.6. The van der Waals surface area contributed by atoms with Gasteiger partial charge in [0.2, 0.25) is 12.3 Å². The van der Waals surface area contributed by atoms with Gasteiger partial charge in [-0.05, 0) is 18.6 Å². The fraction of sp³-hybridized carbons (Fsp3) is 0.467. The lowest BCUT2D eigenvalue weighted by Crippen LogP contribution is -2.44. The van der Waals surface area contributed by atoms with E-state index in [-0.39, 0.29) is 6.61 Å². The summed E-state index contributed by atoms with van der Waals surface area (Å²) in [5, 5.41) is 10.9. The molecule has 22 heavy (non-hydrogen) atoms. The molecule has 122 valence electrons. The van der Waals surface area contributed by atoms with E-state index < -0.39 is 36.7 Å². The zero-order valence-corrected chi connectivity index (χ0v) is 12.2. The number of carbonyl (C=O) groups is 2. The Labute approximate surface area is 127 Å². The predicted octanol–water partition coefficient (Wildman–Crippen LogP) is 2.32. The Kier molecular flexibility index (Phi) is 7.28. The summed E-state index contributed by atoms with van der Waals surface area (Å²) in [6, 6.07) is 7.44. The van der Waals surface area contributed by atoms with Crippen LogP contribution in [0.5, 0.6) is 5.75 Å². The molecule has 0 bridgehead atoms. The molecule has 2 atom stereocenters. The summed E-state index contributed by atoms with van der Waals surface area (Å²) in [5.41, 5.74) is 0. The minimum atomic E-state index is -2.79. The third-order valence-electron chi connectivity index (χ3n) is 3.04. The lowest BCUT2D eigenvalue weighted by Gasteiger charge is -2.17. The van der Waals surface area contributed by atoms with Gasteiger partial charge in [0.1, 0.15) is 11.8 Å². The highest BCUT2D eigenvalue weighted by Crippen LogP contribution is 2.11. The van der Waals surface area contributed by atoms with Crippen LogP contribution < -0.4 is 10.1 Å². The van der Waals surface area contributed by atoms with Gasteiger partial charge in [0.15, 0.2) is 0 Å². The van der Waals surface area contributed by atoms with Gasteiger partial charge in [0.05, 0.1) is 6.61 Å². The van der Waals surface area contributed by atoms with E-state index in [4.69, 9.17) is 9.84 Å². The van der Waals surface area contributed by atoms with Crippen molar-refractivity contribution in [3.05, 3.63) is 30.3 Å². The Morgan fingerprint density at radius 3 is 2.45 bits per heavy atom. The number of carboxylic acid groups (broad SMARTS) is 1. The number of carbonyl (C=O) groups excluding carboxylic acids is 1. The fourth-order valence-corrected chi connectivity index (χ4v) is 1.72. The van der Waals surface area contributed by atoms with Crippen LogP contribution in [0.1, 0.15) is 19.8 Å². The van der Waals surface area contributed by atoms with E-state index >= 15 is 0 Å². The van der Waals surface area contributed by atoms with Crippen molar-refractivity contribution in [2.24, 2.45) is 5.92 Å². The van der Waals surface area contributed by atoms with Gasteiger partial charge in [-0.25, -0.2) is 13.6 Å². The number of nitrogens with one attached hydrogen (secondary N) is 1. The monoisotopic (exact) mass is 315 g/mol. The van der Waals surface area contributed by atoms with Crippen molar-refractivity contribution in [2.45, 2.75) is 32.2 Å². The van der Waals surface area contributed by atoms with E-state index in [1.807, 2.05) is 18.2 Å². The Morgan fingerprint density at radius 1 is 1.27 bits per heavy atom. The minimum Gasteiger partial charge on any atom is -0.494 e. The van der Waals surface area contributed by atoms with Crippen LogP contribution in [0.15, 0.2) is 30.3 Å². The maximum absolute atomic E-state index is 12.3. The van der Waals surface area contributed by atoms with Crippen molar-refractivity contribution in [3.8, 4) is 5.75 Å². The van der Waals surface area contributed by atoms with Crippen LogP contribution in [0.2, 0.25) is 0 Å². The Bertz CT molecular complexity index is 482. The second-order valence-electron chi connectivity index (χ2n) is 4.88. The highest BCUT2D eigenvalue weighted by Gasteiger charge is 2.26. The first-order valence-electron chi connectivity index (χ1n) is 6.89. The lowest BCUT2D eigenvalue weighted by molar-refractivity contribution is -0.143. The summed E-state index contributed by atoms with van der Waals surface area (Å²) in [6.07, 6.45) is -3.35. The first-order chi connectivity index (χ1) is 10.4. The van der Waals surface area contributed by atoms with Crippen molar-refractivity contribution in [1.82, 2.24) is 5.32 Å². The molecular weight excluding hydrogens is 296 g/mol. The smallest absolute Gasteiger partial charge is 0.326 e. The maximum atomic E-state index is 12.3. The second-order valence-corrected chi connectivity index (χ2v) is 4.88. The summed E-state index contributed by atoms with van der Waals surface area (Å²) < 4.78 is 29.9. The molecular formula is C15H19F2NO4. The van der Waals surface area contributed by atoms with E-state index in [1.165, 1.54) is 0 Å². The molecule has 7 heteroatoms. The molecule has 1 aromatic rings. The molecule has 2 N–H and O–H groups in total. The van der Waals surface area contributed by atoms with Crippen molar-refractivity contribution in [2.75, 3.05) is 6.61 Å². The molecule has 0 saturated carbocycles. The number of para-hydroxylation sites is 1. The summed E-state index contributed by atoms with van der Waals surface area (Å²) >= 11 is 0. The SMILES string of the molecule is CC(CCOc1ccccc1)C(=O)NC(CC(F)F)C(=O)O. The zero-order chi connectivity index (χ0) is 16.5. The van der Waals surface area contributed by atoms with Crippen molar-refractivity contribution in [1.29, 1.82) is 0 Å². The number of hydrogen-bond acceptors (Lipinski definition) is 3. The second kappa shape index (κ2) is 8.96. The molecule has 0 aliphatic rings. The average molecular weight is 315 g/mol. The first-order valence-corrected chi connectivity index (χ1v) is 6.89. The number of alkyl halides is 2. The molecule has 5 nitrogen and oxygen atoms in total. The Balaban J connectivity index is 2.38. The topological polar surface area (TPSA) is 75.6 Å². The van der Waals surface area contributed by atoms with Gasteiger partial charge in [-0.1, -0.05) is 25.1 Å². The molecule has 1 aromatic carbocycles. The van der Waals surface area contributed by atoms with Crippen LogP contribution in [0.3, 0.4) is 0 Å². The highest BCUT2D eigenvalue weighted by atomic mass is 19.3. The maximum Gasteiger partial charge on any atom is 0.326 e. The molecule has 0 spiro atoms. The summed E-state index contributed by atoms with van der Waals surface area (Å²) in [5.74, 6) is -1.93. The van der Waals surface area contributed by atoms with Gasteiger partial charge in [-0.3, -0.25) is 4.79 Å². The molecule has 0 aliphatic heterocycles. The average Bonchev–Trinajstić information content (AvgIpc) is 2.46. The molecule has 0 heterocycles. The third kappa shape index (κ3) is 6.51. The lowest BCUT2D eigenvalue weighted by atomic mass is 10.1. The zero-order valence-electron chi connectivity index (χ0n) is 12.2. The minimum absolute atomic E-state index is 0.269. The molecule has 1 amide bonds. The molecule has 1 rings (SSSR count). The molecule has 0 radical (unpaired) electrons. The number of benzene rings is 1. The van der Waals surface area contributed by atoms with Crippen molar-refractivity contribution in [3.63, 3.8) is 0 Å². The van der Waals surface area contributed by atoms with Crippen LogP contribution >= 0.6 is 0 Å². The number of ether oxygens (including phenoxy) is 1. The number of amides is 1. The quantitative estimate of drug-likeness (QED) is 0.733. The van der Waals surface area contributed by atoms with Crippen molar-refractivity contribution >= 4 is 11.9 Å². The Morgan fingerprint density at radius 2 is 1.91 bits per heavy atom. The van der Waals surface area contributed by atoms with Crippen LogP contribution in [0.4, 0.5) is 8.78 Å². The number of halogens is 2. The number of aliphatic carboxylic acids is 1. The number of hydrogen-bond donors (Lipinski definition) is 2. The molecule has 0 fully saturated rings. The van der Waals surface area contributed by atoms with Gasteiger partial charge >= 0.3 is 5.97 Å². The number of carboxylic acids is 1. The molecule has 0 aromatic heterocycles. The van der Waals surface area contributed by atoms with Crippen LogP contribution in [-0.4, -0.2) is 36.1 Å². The van der Waals surface area contributed by atoms with Crippen LogP contribution in [-0.2, 0) is 9.59 Å². The van der Waals surface area contributed by atoms with Gasteiger partial charge in [-0.15, -0.1) is 0 Å². The van der Waals surface area contributed by atoms with E-state index in [1.54, 1.807) is 19.1 Å².